The third-order valence-electron chi connectivity index (χ3n) is 5.48. The molecule has 2 saturated heterocycles. The fourth-order valence-electron chi connectivity index (χ4n) is 4.08. The average molecular weight is 416 g/mol. The molecule has 2 aliphatic rings. The largest absolute Gasteiger partial charge is 0.462 e. The molecule has 3 amide bonds. The van der Waals surface area contributed by atoms with Crippen molar-refractivity contribution in [2.45, 2.75) is 38.6 Å². The van der Waals surface area contributed by atoms with Gasteiger partial charge >= 0.3 is 12.0 Å². The van der Waals surface area contributed by atoms with Gasteiger partial charge in [-0.15, -0.1) is 11.3 Å². The van der Waals surface area contributed by atoms with Gasteiger partial charge in [-0.3, -0.25) is 4.79 Å². The lowest BCUT2D eigenvalue weighted by Crippen LogP contribution is -2.51. The summed E-state index contributed by atoms with van der Waals surface area (Å²) in [5.41, 5.74) is 0.690. The molecule has 1 aromatic carbocycles. The standard InChI is InChI=1S/C21H25N3O4S/c1-2-28-20(26)18-12-14-11-15(7-8-17(14)29-18)22-21(27)23-9-3-5-16(13-23)24-10-4-6-19(24)25/h7-8,11-12,16H,2-6,9-10,13H2,1H3,(H,22,27)/t16-/m1/s1. The minimum Gasteiger partial charge on any atom is -0.462 e. The number of hydrogen-bond donors (Lipinski definition) is 1. The number of ether oxygens (including phenoxy) is 1. The SMILES string of the molecule is CCOC(=O)c1cc2cc(NC(=O)N3CCC[C@@H](N4CCCC4=O)C3)ccc2s1. The molecule has 0 bridgehead atoms. The number of nitrogens with one attached hydrogen (secondary N) is 1. The fraction of sp³-hybridized carbons (Fsp3) is 0.476. The summed E-state index contributed by atoms with van der Waals surface area (Å²) in [5.74, 6) is -0.118. The molecule has 4 rings (SSSR count). The van der Waals surface area contributed by atoms with Crippen molar-refractivity contribution in [3.63, 3.8) is 0 Å². The molecule has 2 fully saturated rings. The topological polar surface area (TPSA) is 79.0 Å². The van der Waals surface area contributed by atoms with Crippen LogP contribution in [-0.2, 0) is 9.53 Å². The van der Waals surface area contributed by atoms with Crippen molar-refractivity contribution in [1.29, 1.82) is 0 Å². The van der Waals surface area contributed by atoms with Crippen LogP contribution in [0.3, 0.4) is 0 Å². The van der Waals surface area contributed by atoms with Crippen LogP contribution in [0.15, 0.2) is 24.3 Å². The van der Waals surface area contributed by atoms with E-state index in [0.717, 1.165) is 35.9 Å². The summed E-state index contributed by atoms with van der Waals surface area (Å²) in [4.78, 5) is 41.0. The van der Waals surface area contributed by atoms with Crippen LogP contribution in [0.25, 0.3) is 10.1 Å². The lowest BCUT2D eigenvalue weighted by atomic mass is 10.0. The van der Waals surface area contributed by atoms with E-state index in [1.807, 2.05) is 23.1 Å². The Morgan fingerprint density at radius 2 is 2.10 bits per heavy atom. The van der Waals surface area contributed by atoms with Gasteiger partial charge in [-0.05, 0) is 55.8 Å². The zero-order valence-electron chi connectivity index (χ0n) is 16.5. The van der Waals surface area contributed by atoms with E-state index in [-0.39, 0.29) is 23.9 Å². The Bertz CT molecular complexity index is 941. The number of amides is 3. The van der Waals surface area contributed by atoms with Crippen LogP contribution in [0.5, 0.6) is 0 Å². The van der Waals surface area contributed by atoms with Crippen molar-refractivity contribution in [2.75, 3.05) is 31.6 Å². The van der Waals surface area contributed by atoms with E-state index < -0.39 is 0 Å². The van der Waals surface area contributed by atoms with Crippen LogP contribution in [0.2, 0.25) is 0 Å². The van der Waals surface area contributed by atoms with E-state index in [9.17, 15) is 14.4 Å². The number of thiophene rings is 1. The highest BCUT2D eigenvalue weighted by molar-refractivity contribution is 7.20. The number of benzene rings is 1. The van der Waals surface area contributed by atoms with Crippen LogP contribution in [0.1, 0.15) is 42.3 Å². The second-order valence-corrected chi connectivity index (χ2v) is 8.53. The smallest absolute Gasteiger partial charge is 0.348 e. The molecule has 154 valence electrons. The number of hydrogen-bond acceptors (Lipinski definition) is 5. The van der Waals surface area contributed by atoms with Gasteiger partial charge in [0.2, 0.25) is 5.91 Å². The van der Waals surface area contributed by atoms with Crippen LogP contribution in [-0.4, -0.2) is 60.0 Å². The molecule has 1 N–H and O–H groups in total. The molecule has 0 spiro atoms. The van der Waals surface area contributed by atoms with Crippen molar-refractivity contribution >= 4 is 45.0 Å². The van der Waals surface area contributed by atoms with E-state index >= 15 is 0 Å². The molecule has 2 aliphatic heterocycles. The predicted molar refractivity (Wildman–Crippen MR) is 112 cm³/mol. The molecule has 0 unspecified atom stereocenters. The Morgan fingerprint density at radius 1 is 1.24 bits per heavy atom. The van der Waals surface area contributed by atoms with Crippen molar-refractivity contribution in [2.24, 2.45) is 0 Å². The third-order valence-corrected chi connectivity index (χ3v) is 6.57. The summed E-state index contributed by atoms with van der Waals surface area (Å²) in [5, 5.41) is 3.86. The van der Waals surface area contributed by atoms with Crippen molar-refractivity contribution < 1.29 is 19.1 Å². The lowest BCUT2D eigenvalue weighted by molar-refractivity contribution is -0.130. The molecule has 0 radical (unpaired) electrons. The van der Waals surface area contributed by atoms with E-state index in [0.29, 0.717) is 36.7 Å². The molecule has 29 heavy (non-hydrogen) atoms. The monoisotopic (exact) mass is 415 g/mol. The third kappa shape index (κ3) is 4.22. The average Bonchev–Trinajstić information content (AvgIpc) is 3.34. The normalized spacial score (nSPS) is 19.6. The van der Waals surface area contributed by atoms with Gasteiger partial charge < -0.3 is 19.9 Å². The number of rotatable bonds is 4. The maximum atomic E-state index is 12.8. The summed E-state index contributed by atoms with van der Waals surface area (Å²) in [6, 6.07) is 7.39. The maximum Gasteiger partial charge on any atom is 0.348 e. The van der Waals surface area contributed by atoms with Gasteiger partial charge in [-0.2, -0.15) is 0 Å². The van der Waals surface area contributed by atoms with Gasteiger partial charge in [-0.25, -0.2) is 9.59 Å². The number of nitrogens with zero attached hydrogens (tertiary/aromatic N) is 2. The molecule has 7 nitrogen and oxygen atoms in total. The summed E-state index contributed by atoms with van der Waals surface area (Å²) < 4.78 is 6.03. The zero-order valence-corrected chi connectivity index (χ0v) is 17.3. The number of fused-ring (bicyclic) bond motifs is 1. The zero-order chi connectivity index (χ0) is 20.4. The Hall–Kier alpha value is -2.61. The van der Waals surface area contributed by atoms with Gasteiger partial charge in [0.05, 0.1) is 6.61 Å². The molecule has 0 aliphatic carbocycles. The second kappa shape index (κ2) is 8.41. The fourth-order valence-corrected chi connectivity index (χ4v) is 5.01. The van der Waals surface area contributed by atoms with Crippen LogP contribution < -0.4 is 5.32 Å². The Morgan fingerprint density at radius 3 is 2.86 bits per heavy atom. The highest BCUT2D eigenvalue weighted by atomic mass is 32.1. The first-order valence-corrected chi connectivity index (χ1v) is 10.9. The van der Waals surface area contributed by atoms with Crippen LogP contribution in [0.4, 0.5) is 10.5 Å². The van der Waals surface area contributed by atoms with Gasteiger partial charge in [0.15, 0.2) is 0 Å². The Kier molecular flexibility index (Phi) is 5.71. The van der Waals surface area contributed by atoms with Crippen molar-refractivity contribution in [3.05, 3.63) is 29.1 Å². The molecule has 3 heterocycles. The van der Waals surface area contributed by atoms with Gasteiger partial charge in [-0.1, -0.05) is 0 Å². The summed E-state index contributed by atoms with van der Waals surface area (Å²) >= 11 is 1.38. The van der Waals surface area contributed by atoms with Gasteiger partial charge in [0, 0.05) is 42.5 Å². The Balaban J connectivity index is 1.42. The molecule has 2 aromatic rings. The number of carbonyl (C=O) groups excluding carboxylic acids is 3. The highest BCUT2D eigenvalue weighted by Crippen LogP contribution is 2.29. The number of likely N-dealkylation sites (tertiary alicyclic amines) is 2. The van der Waals surface area contributed by atoms with E-state index in [2.05, 4.69) is 5.32 Å². The Labute approximate surface area is 173 Å². The molecule has 1 aromatic heterocycles. The number of anilines is 1. The summed E-state index contributed by atoms with van der Waals surface area (Å²) in [6.45, 7) is 4.19. The maximum absolute atomic E-state index is 12.8. The minimum atomic E-state index is -0.324. The van der Waals surface area contributed by atoms with Crippen LogP contribution in [0, 0.1) is 0 Å². The van der Waals surface area contributed by atoms with Gasteiger partial charge in [0.1, 0.15) is 4.88 Å². The van der Waals surface area contributed by atoms with E-state index in [4.69, 9.17) is 4.74 Å². The van der Waals surface area contributed by atoms with E-state index in [1.165, 1.54) is 11.3 Å². The first-order valence-electron chi connectivity index (χ1n) is 10.1. The number of esters is 1. The predicted octanol–water partition coefficient (Wildman–Crippen LogP) is 3.70. The van der Waals surface area contributed by atoms with E-state index in [1.54, 1.807) is 17.9 Å². The molecule has 8 heteroatoms. The van der Waals surface area contributed by atoms with Gasteiger partial charge in [0.25, 0.3) is 0 Å². The summed E-state index contributed by atoms with van der Waals surface area (Å²) in [6.07, 6.45) is 3.38. The first kappa shape index (κ1) is 19.7. The molecule has 1 atom stereocenters. The molecular weight excluding hydrogens is 390 g/mol. The molecule has 0 saturated carbocycles. The number of piperidine rings is 1. The van der Waals surface area contributed by atoms with Crippen LogP contribution >= 0.6 is 11.3 Å². The highest BCUT2D eigenvalue weighted by Gasteiger charge is 2.32. The number of urea groups is 1. The second-order valence-electron chi connectivity index (χ2n) is 7.45. The summed E-state index contributed by atoms with van der Waals surface area (Å²) in [7, 11) is 0. The van der Waals surface area contributed by atoms with Crippen molar-refractivity contribution in [3.8, 4) is 0 Å². The molecular formula is C21H25N3O4S. The number of carbonyl (C=O) groups is 3. The minimum absolute atomic E-state index is 0.121. The first-order chi connectivity index (χ1) is 14.0. The quantitative estimate of drug-likeness (QED) is 0.773. The lowest BCUT2D eigenvalue weighted by Gasteiger charge is -2.37. The van der Waals surface area contributed by atoms with Crippen molar-refractivity contribution in [1.82, 2.24) is 9.80 Å².